The molecule has 1 heterocycles. The average Bonchev–Trinajstić information content (AvgIpc) is 2.78. The lowest BCUT2D eigenvalue weighted by Crippen LogP contribution is -2.51. The largest absolute Gasteiger partial charge is 0.508 e. The molecule has 0 bridgehead atoms. The van der Waals surface area contributed by atoms with Crippen molar-refractivity contribution >= 4 is 0 Å². The van der Waals surface area contributed by atoms with Gasteiger partial charge in [-0.1, -0.05) is 12.1 Å². The summed E-state index contributed by atoms with van der Waals surface area (Å²) in [5.74, 6) is 2.07. The van der Waals surface area contributed by atoms with Gasteiger partial charge in [0.15, 0.2) is 11.5 Å². The summed E-state index contributed by atoms with van der Waals surface area (Å²) in [7, 11) is 5.65. The van der Waals surface area contributed by atoms with Crippen LogP contribution in [-0.2, 0) is 19.4 Å². The maximum atomic E-state index is 9.71. The van der Waals surface area contributed by atoms with E-state index in [1.807, 2.05) is 24.3 Å². The first-order chi connectivity index (χ1) is 14.9. The Hall–Kier alpha value is -3.18. The minimum atomic E-state index is 0.210. The van der Waals surface area contributed by atoms with E-state index >= 15 is 0 Å². The molecule has 3 aromatic carbocycles. The topological polar surface area (TPSA) is 58.9 Å². The Labute approximate surface area is 183 Å². The van der Waals surface area contributed by atoms with Gasteiger partial charge in [-0.25, -0.2) is 0 Å². The lowest BCUT2D eigenvalue weighted by atomic mass is 9.86. The standard InChI is InChI=1S/C26H29NO4/c1-27(17-19-6-10-22(29)11-7-19)13-12-20-15-25(30-2)26(31-3)16-23(20)24(27)14-18-4-8-21(28)9-5-18/h4-11,15-16,24H,12-14,17H2,1-3H3,(H-,28,29)/p+1/t24-,27?/m0/s1. The van der Waals surface area contributed by atoms with Crippen molar-refractivity contribution in [2.24, 2.45) is 0 Å². The van der Waals surface area contributed by atoms with Crippen LogP contribution in [0.2, 0.25) is 0 Å². The molecule has 3 aromatic rings. The molecule has 0 fully saturated rings. The number of ether oxygens (including phenoxy) is 2. The van der Waals surface area contributed by atoms with Gasteiger partial charge in [0.25, 0.3) is 0 Å². The van der Waals surface area contributed by atoms with Crippen molar-refractivity contribution in [2.45, 2.75) is 25.4 Å². The van der Waals surface area contributed by atoms with Gasteiger partial charge in [-0.05, 0) is 59.7 Å². The highest BCUT2D eigenvalue weighted by Gasteiger charge is 2.40. The smallest absolute Gasteiger partial charge is 0.161 e. The van der Waals surface area contributed by atoms with E-state index in [1.165, 1.54) is 22.3 Å². The average molecular weight is 421 g/mol. The zero-order valence-corrected chi connectivity index (χ0v) is 18.3. The van der Waals surface area contributed by atoms with Crippen molar-refractivity contribution in [3.8, 4) is 23.0 Å². The Morgan fingerprint density at radius 1 is 0.839 bits per heavy atom. The molecule has 0 aromatic heterocycles. The van der Waals surface area contributed by atoms with Crippen molar-refractivity contribution < 1.29 is 24.2 Å². The minimum absolute atomic E-state index is 0.210. The van der Waals surface area contributed by atoms with Crippen LogP contribution in [0.15, 0.2) is 60.7 Å². The van der Waals surface area contributed by atoms with Crippen molar-refractivity contribution in [2.75, 3.05) is 27.8 Å². The van der Waals surface area contributed by atoms with Gasteiger partial charge < -0.3 is 24.2 Å². The Kier molecular flexibility index (Phi) is 5.79. The second-order valence-corrected chi connectivity index (χ2v) is 8.57. The maximum absolute atomic E-state index is 9.71. The molecule has 2 atom stereocenters. The van der Waals surface area contributed by atoms with Gasteiger partial charge in [-0.3, -0.25) is 0 Å². The number of nitrogens with zero attached hydrogens (tertiary/aromatic N) is 1. The third-order valence-corrected chi connectivity index (χ3v) is 6.49. The third-order valence-electron chi connectivity index (χ3n) is 6.49. The Bertz CT molecular complexity index is 1050. The fraction of sp³-hybridized carbons (Fsp3) is 0.308. The van der Waals surface area contributed by atoms with Gasteiger partial charge >= 0.3 is 0 Å². The van der Waals surface area contributed by atoms with Crippen LogP contribution < -0.4 is 9.47 Å². The first-order valence-corrected chi connectivity index (χ1v) is 10.6. The highest BCUT2D eigenvalue weighted by atomic mass is 16.5. The van der Waals surface area contributed by atoms with E-state index in [0.717, 1.165) is 41.9 Å². The molecule has 5 nitrogen and oxygen atoms in total. The van der Waals surface area contributed by atoms with Gasteiger partial charge in [-0.15, -0.1) is 0 Å². The normalized spacial score (nSPS) is 20.2. The van der Waals surface area contributed by atoms with Crippen LogP contribution in [-0.4, -0.2) is 42.5 Å². The van der Waals surface area contributed by atoms with Gasteiger partial charge in [0.05, 0.1) is 27.8 Å². The molecule has 1 unspecified atom stereocenters. The van der Waals surface area contributed by atoms with Gasteiger partial charge in [-0.2, -0.15) is 0 Å². The molecule has 0 radical (unpaired) electrons. The molecule has 0 aliphatic carbocycles. The summed E-state index contributed by atoms with van der Waals surface area (Å²) in [6.07, 6.45) is 1.80. The quantitative estimate of drug-likeness (QED) is 0.572. The number of hydrogen-bond donors (Lipinski definition) is 2. The number of benzene rings is 3. The first kappa shape index (κ1) is 21.1. The second kappa shape index (κ2) is 8.52. The number of likely N-dealkylation sites (N-methyl/N-ethyl adjacent to an activating group) is 1. The third kappa shape index (κ3) is 4.32. The van der Waals surface area contributed by atoms with E-state index in [1.54, 1.807) is 38.5 Å². The van der Waals surface area contributed by atoms with Gasteiger partial charge in [0, 0.05) is 24.0 Å². The van der Waals surface area contributed by atoms with Crippen molar-refractivity contribution in [3.63, 3.8) is 0 Å². The van der Waals surface area contributed by atoms with E-state index in [-0.39, 0.29) is 17.5 Å². The Balaban J connectivity index is 1.77. The number of phenols is 2. The summed E-state index contributed by atoms with van der Waals surface area (Å²) in [4.78, 5) is 0. The number of hydrogen-bond acceptors (Lipinski definition) is 4. The summed E-state index contributed by atoms with van der Waals surface area (Å²) in [6, 6.07) is 19.4. The van der Waals surface area contributed by atoms with E-state index in [0.29, 0.717) is 0 Å². The molecule has 5 heteroatoms. The summed E-state index contributed by atoms with van der Waals surface area (Å²) in [6.45, 7) is 1.85. The summed E-state index contributed by atoms with van der Waals surface area (Å²) in [5, 5.41) is 19.4. The van der Waals surface area contributed by atoms with Crippen LogP contribution in [0.1, 0.15) is 28.3 Å². The van der Waals surface area contributed by atoms with Crippen molar-refractivity contribution in [1.82, 2.24) is 0 Å². The zero-order chi connectivity index (χ0) is 22.0. The summed E-state index contributed by atoms with van der Waals surface area (Å²) in [5.41, 5.74) is 4.95. The fourth-order valence-corrected chi connectivity index (χ4v) is 4.72. The Morgan fingerprint density at radius 3 is 1.97 bits per heavy atom. The number of rotatable bonds is 6. The van der Waals surface area contributed by atoms with E-state index in [2.05, 4.69) is 19.2 Å². The van der Waals surface area contributed by atoms with E-state index in [4.69, 9.17) is 9.47 Å². The van der Waals surface area contributed by atoms with Crippen molar-refractivity contribution in [3.05, 3.63) is 82.9 Å². The molecule has 1 aliphatic rings. The molecule has 0 spiro atoms. The molecule has 4 rings (SSSR count). The summed E-state index contributed by atoms with van der Waals surface area (Å²) < 4.78 is 12.0. The van der Waals surface area contributed by atoms with Gasteiger partial charge in [0.2, 0.25) is 0 Å². The number of fused-ring (bicyclic) bond motifs is 1. The summed E-state index contributed by atoms with van der Waals surface area (Å²) >= 11 is 0. The zero-order valence-electron chi connectivity index (χ0n) is 18.3. The molecule has 1 aliphatic heterocycles. The lowest BCUT2D eigenvalue weighted by molar-refractivity contribution is -0.954. The number of quaternary nitrogens is 1. The van der Waals surface area contributed by atoms with Crippen LogP contribution in [0, 0.1) is 0 Å². The highest BCUT2D eigenvalue weighted by Crippen LogP contribution is 2.43. The molecular weight excluding hydrogens is 390 g/mol. The minimum Gasteiger partial charge on any atom is -0.508 e. The van der Waals surface area contributed by atoms with Crippen LogP contribution >= 0.6 is 0 Å². The number of phenolic OH excluding ortho intramolecular Hbond substituents is 2. The van der Waals surface area contributed by atoms with Crippen LogP contribution in [0.5, 0.6) is 23.0 Å². The molecule has 162 valence electrons. The SMILES string of the molecule is COc1cc2c(cc1OC)[C@H](Cc1ccc(O)cc1)[N+](C)(Cc1ccc(O)cc1)CC2. The first-order valence-electron chi connectivity index (χ1n) is 10.6. The predicted octanol–water partition coefficient (Wildman–Crippen LogP) is 4.60. The Morgan fingerprint density at radius 2 is 1.39 bits per heavy atom. The molecule has 31 heavy (non-hydrogen) atoms. The van der Waals surface area contributed by atoms with Crippen LogP contribution in [0.25, 0.3) is 0 Å². The molecular formula is C26H30NO4+. The van der Waals surface area contributed by atoms with E-state index < -0.39 is 0 Å². The maximum Gasteiger partial charge on any atom is 0.161 e. The van der Waals surface area contributed by atoms with Crippen LogP contribution in [0.4, 0.5) is 0 Å². The predicted molar refractivity (Wildman–Crippen MR) is 121 cm³/mol. The molecule has 0 saturated heterocycles. The van der Waals surface area contributed by atoms with E-state index in [9.17, 15) is 10.2 Å². The fourth-order valence-electron chi connectivity index (χ4n) is 4.72. The highest BCUT2D eigenvalue weighted by molar-refractivity contribution is 5.49. The molecule has 0 saturated carbocycles. The van der Waals surface area contributed by atoms with Gasteiger partial charge in [0.1, 0.15) is 24.1 Å². The second-order valence-electron chi connectivity index (χ2n) is 8.57. The lowest BCUT2D eigenvalue weighted by Gasteiger charge is -2.46. The van der Waals surface area contributed by atoms with Crippen LogP contribution in [0.3, 0.4) is 0 Å². The molecule has 0 amide bonds. The van der Waals surface area contributed by atoms with Crippen molar-refractivity contribution in [1.29, 1.82) is 0 Å². The number of aromatic hydroxyl groups is 2. The molecule has 2 N–H and O–H groups in total. The monoisotopic (exact) mass is 420 g/mol. The number of methoxy groups -OCH3 is 2.